The molecule has 0 fully saturated rings. The first-order valence-corrected chi connectivity index (χ1v) is 3.98. The third kappa shape index (κ3) is 4.77. The lowest BCUT2D eigenvalue weighted by Gasteiger charge is -2.11. The molecule has 0 rings (SSSR count). The van der Waals surface area contributed by atoms with Gasteiger partial charge in [-0.25, -0.2) is 5.11 Å². The molecule has 0 spiro atoms. The van der Waals surface area contributed by atoms with Gasteiger partial charge >= 0.3 is 0 Å². The van der Waals surface area contributed by atoms with Crippen LogP contribution in [0, 0.1) is 0 Å². The minimum atomic E-state index is -0.533. The molecule has 0 aromatic rings. The summed E-state index contributed by atoms with van der Waals surface area (Å²) in [5.41, 5.74) is 0. The minimum Gasteiger partial charge on any atom is -0.376 e. The predicted octanol–water partition coefficient (Wildman–Crippen LogP) is 2.01. The molecule has 0 aliphatic carbocycles. The van der Waals surface area contributed by atoms with Crippen LogP contribution in [0.4, 0.5) is 0 Å². The largest absolute Gasteiger partial charge is 0.376 e. The van der Waals surface area contributed by atoms with E-state index in [4.69, 9.17) is 4.74 Å². The maximum atomic E-state index is 10.8. The van der Waals surface area contributed by atoms with E-state index >= 15 is 0 Å². The monoisotopic (exact) mass is 145 g/mol. The van der Waals surface area contributed by atoms with Crippen molar-refractivity contribution in [1.82, 2.24) is 0 Å². The standard InChI is InChI=1S/C8H17O2/c1-4-7(3)10-6-8(9)5-2/h7-8H,4-6H2,1-3H3. The Morgan fingerprint density at radius 1 is 1.30 bits per heavy atom. The fraction of sp³-hybridized carbons (Fsp3) is 1.00. The Kier molecular flexibility index (Phi) is 5.64. The Bertz CT molecular complexity index is 63.7. The lowest BCUT2D eigenvalue weighted by molar-refractivity contribution is -0.0328. The van der Waals surface area contributed by atoms with Gasteiger partial charge in [-0.05, 0) is 19.8 Å². The average molecular weight is 145 g/mol. The molecule has 10 heavy (non-hydrogen) atoms. The van der Waals surface area contributed by atoms with Crippen LogP contribution >= 0.6 is 0 Å². The van der Waals surface area contributed by atoms with Crippen molar-refractivity contribution in [2.75, 3.05) is 6.61 Å². The molecule has 61 valence electrons. The molecule has 2 nitrogen and oxygen atoms in total. The number of hydrogen-bond donors (Lipinski definition) is 0. The summed E-state index contributed by atoms with van der Waals surface area (Å²) in [6.07, 6.45) is 1.35. The van der Waals surface area contributed by atoms with Crippen LogP contribution in [0.2, 0.25) is 0 Å². The first-order valence-electron chi connectivity index (χ1n) is 3.98. The highest BCUT2D eigenvalue weighted by atomic mass is 16.5. The van der Waals surface area contributed by atoms with Crippen LogP contribution in [0.3, 0.4) is 0 Å². The van der Waals surface area contributed by atoms with Crippen molar-refractivity contribution in [1.29, 1.82) is 0 Å². The maximum absolute atomic E-state index is 10.8. The maximum Gasteiger partial charge on any atom is 0.116 e. The Hall–Kier alpha value is -0.0800. The Balaban J connectivity index is 3.17. The van der Waals surface area contributed by atoms with E-state index in [9.17, 15) is 5.11 Å². The summed E-state index contributed by atoms with van der Waals surface area (Å²) in [4.78, 5) is 0. The molecular formula is C8H17O2. The third-order valence-corrected chi connectivity index (χ3v) is 1.60. The lowest BCUT2D eigenvalue weighted by atomic mass is 10.3. The summed E-state index contributed by atoms with van der Waals surface area (Å²) in [5.74, 6) is 0. The normalized spacial score (nSPS) is 16.8. The Morgan fingerprint density at radius 3 is 2.30 bits per heavy atom. The second kappa shape index (κ2) is 5.69. The predicted molar refractivity (Wildman–Crippen MR) is 40.5 cm³/mol. The van der Waals surface area contributed by atoms with Gasteiger partial charge in [0.05, 0.1) is 12.7 Å². The first kappa shape index (κ1) is 9.92. The van der Waals surface area contributed by atoms with E-state index in [-0.39, 0.29) is 6.10 Å². The zero-order chi connectivity index (χ0) is 7.98. The van der Waals surface area contributed by atoms with Crippen LogP contribution in [-0.2, 0) is 9.84 Å². The highest BCUT2D eigenvalue weighted by Crippen LogP contribution is 1.99. The van der Waals surface area contributed by atoms with Crippen molar-refractivity contribution in [2.24, 2.45) is 0 Å². The van der Waals surface area contributed by atoms with Crippen LogP contribution < -0.4 is 0 Å². The van der Waals surface area contributed by atoms with Crippen molar-refractivity contribution in [3.05, 3.63) is 0 Å². The summed E-state index contributed by atoms with van der Waals surface area (Å²) in [6.45, 7) is 6.29. The molecule has 2 unspecified atom stereocenters. The van der Waals surface area contributed by atoms with Gasteiger partial charge in [0.1, 0.15) is 6.10 Å². The molecule has 0 N–H and O–H groups in total. The van der Waals surface area contributed by atoms with Crippen LogP contribution in [0.25, 0.3) is 0 Å². The number of ether oxygens (including phenoxy) is 1. The van der Waals surface area contributed by atoms with Gasteiger partial charge in [-0.2, -0.15) is 0 Å². The van der Waals surface area contributed by atoms with Gasteiger partial charge in [0.2, 0.25) is 0 Å². The second-order valence-corrected chi connectivity index (χ2v) is 2.58. The minimum absolute atomic E-state index is 0.239. The van der Waals surface area contributed by atoms with Crippen molar-refractivity contribution in [3.63, 3.8) is 0 Å². The molecule has 0 aromatic carbocycles. The van der Waals surface area contributed by atoms with Gasteiger partial charge in [0.15, 0.2) is 0 Å². The van der Waals surface area contributed by atoms with E-state index in [1.807, 2.05) is 13.8 Å². The molecule has 0 heterocycles. The quantitative estimate of drug-likeness (QED) is 0.581. The molecule has 0 saturated heterocycles. The van der Waals surface area contributed by atoms with Gasteiger partial charge in [-0.3, -0.25) is 0 Å². The number of rotatable bonds is 5. The highest BCUT2D eigenvalue weighted by Gasteiger charge is 2.04. The van der Waals surface area contributed by atoms with E-state index in [0.717, 1.165) is 6.42 Å². The molecule has 0 bridgehead atoms. The van der Waals surface area contributed by atoms with Gasteiger partial charge in [-0.1, -0.05) is 13.8 Å². The summed E-state index contributed by atoms with van der Waals surface area (Å²) >= 11 is 0. The molecule has 2 atom stereocenters. The van der Waals surface area contributed by atoms with E-state index < -0.39 is 6.10 Å². The lowest BCUT2D eigenvalue weighted by Crippen LogP contribution is -2.17. The summed E-state index contributed by atoms with van der Waals surface area (Å²) in [5, 5.41) is 10.8. The molecule has 0 aliphatic heterocycles. The van der Waals surface area contributed by atoms with Gasteiger partial charge in [0.25, 0.3) is 0 Å². The Labute approximate surface area is 63.2 Å². The topological polar surface area (TPSA) is 29.1 Å². The van der Waals surface area contributed by atoms with E-state index in [1.54, 1.807) is 0 Å². The molecule has 0 aliphatic rings. The zero-order valence-corrected chi connectivity index (χ0v) is 7.09. The molecule has 0 amide bonds. The summed E-state index contributed by atoms with van der Waals surface area (Å²) < 4.78 is 5.23. The van der Waals surface area contributed by atoms with Gasteiger partial charge in [0, 0.05) is 0 Å². The van der Waals surface area contributed by atoms with Crippen molar-refractivity contribution in [2.45, 2.75) is 45.8 Å². The molecule has 0 aromatic heterocycles. The van der Waals surface area contributed by atoms with Crippen molar-refractivity contribution >= 4 is 0 Å². The summed E-state index contributed by atoms with van der Waals surface area (Å²) in [6, 6.07) is 0. The van der Waals surface area contributed by atoms with Gasteiger partial charge in [-0.15, -0.1) is 0 Å². The first-order chi connectivity index (χ1) is 4.70. The Morgan fingerprint density at radius 2 is 1.90 bits per heavy atom. The average Bonchev–Trinajstić information content (AvgIpc) is 1.99. The number of hydrogen-bond acceptors (Lipinski definition) is 1. The highest BCUT2D eigenvalue weighted by molar-refractivity contribution is 4.51. The second-order valence-electron chi connectivity index (χ2n) is 2.58. The molecule has 1 radical (unpaired) electrons. The van der Waals surface area contributed by atoms with Crippen LogP contribution in [0.1, 0.15) is 33.6 Å². The van der Waals surface area contributed by atoms with E-state index in [1.165, 1.54) is 0 Å². The van der Waals surface area contributed by atoms with Crippen molar-refractivity contribution < 1.29 is 9.84 Å². The fourth-order valence-corrected chi connectivity index (χ4v) is 0.507. The van der Waals surface area contributed by atoms with Crippen LogP contribution in [0.5, 0.6) is 0 Å². The molecular weight excluding hydrogens is 128 g/mol. The van der Waals surface area contributed by atoms with E-state index in [0.29, 0.717) is 13.0 Å². The fourth-order valence-electron chi connectivity index (χ4n) is 0.507. The molecule has 0 saturated carbocycles. The summed E-state index contributed by atoms with van der Waals surface area (Å²) in [7, 11) is 0. The SMILES string of the molecule is CCC([O])COC(C)CC. The van der Waals surface area contributed by atoms with E-state index in [2.05, 4.69) is 6.92 Å². The molecule has 2 heteroatoms. The van der Waals surface area contributed by atoms with Crippen LogP contribution in [-0.4, -0.2) is 18.8 Å². The van der Waals surface area contributed by atoms with Crippen LogP contribution in [0.15, 0.2) is 0 Å². The van der Waals surface area contributed by atoms with Crippen molar-refractivity contribution in [3.8, 4) is 0 Å². The zero-order valence-electron chi connectivity index (χ0n) is 7.09. The van der Waals surface area contributed by atoms with Gasteiger partial charge < -0.3 is 4.74 Å². The third-order valence-electron chi connectivity index (χ3n) is 1.60. The smallest absolute Gasteiger partial charge is 0.116 e.